The van der Waals surface area contributed by atoms with E-state index >= 15 is 0 Å². The highest BCUT2D eigenvalue weighted by Crippen LogP contribution is 2.27. The Morgan fingerprint density at radius 1 is 1.00 bits per heavy atom. The fourth-order valence-electron chi connectivity index (χ4n) is 2.89. The summed E-state index contributed by atoms with van der Waals surface area (Å²) in [5, 5.41) is 12.9. The third-order valence-electron chi connectivity index (χ3n) is 4.45. The van der Waals surface area contributed by atoms with E-state index in [1.165, 1.54) is 11.9 Å². The number of halogens is 2. The Morgan fingerprint density at radius 2 is 1.69 bits per heavy atom. The maximum atomic E-state index is 12.6. The number of amides is 1. The van der Waals surface area contributed by atoms with Gasteiger partial charge in [0.2, 0.25) is 0 Å². The molecule has 1 aromatic heterocycles. The van der Waals surface area contributed by atoms with E-state index in [1.807, 2.05) is 25.1 Å². The van der Waals surface area contributed by atoms with Gasteiger partial charge in [0.05, 0.1) is 17.8 Å². The number of benzene rings is 3. The highest BCUT2D eigenvalue weighted by atomic mass is 35.5. The van der Waals surface area contributed by atoms with Gasteiger partial charge in [-0.1, -0.05) is 23.2 Å². The van der Waals surface area contributed by atoms with Crippen LogP contribution in [-0.4, -0.2) is 28.0 Å². The number of aryl methyl sites for hydroxylation is 1. The smallest absolute Gasteiger partial charge is 0.255 e. The minimum Gasteiger partial charge on any atom is -0.495 e. The van der Waals surface area contributed by atoms with Crippen molar-refractivity contribution in [3.8, 4) is 11.4 Å². The number of fused-ring (bicyclic) bond motifs is 1. The number of ether oxygens (including phenoxy) is 1. The van der Waals surface area contributed by atoms with Crippen molar-refractivity contribution in [1.82, 2.24) is 15.0 Å². The van der Waals surface area contributed by atoms with Crippen LogP contribution in [0.15, 0.2) is 54.6 Å². The number of carbonyl (C=O) groups is 1. The first-order chi connectivity index (χ1) is 13.9. The molecule has 1 heterocycles. The molecule has 3 aromatic carbocycles. The van der Waals surface area contributed by atoms with Gasteiger partial charge in [-0.25, -0.2) is 0 Å². The molecule has 146 valence electrons. The van der Waals surface area contributed by atoms with Gasteiger partial charge in [-0.05, 0) is 67.1 Å². The van der Waals surface area contributed by atoms with Gasteiger partial charge in [-0.3, -0.25) is 4.79 Å². The summed E-state index contributed by atoms with van der Waals surface area (Å²) in [5.74, 6) is 0.238. The molecule has 0 saturated heterocycles. The van der Waals surface area contributed by atoms with E-state index in [1.54, 1.807) is 36.4 Å². The number of nitrogens with one attached hydrogen (secondary N) is 1. The quantitative estimate of drug-likeness (QED) is 0.480. The first-order valence-corrected chi connectivity index (χ1v) is 9.49. The van der Waals surface area contributed by atoms with Crippen LogP contribution in [0, 0.1) is 6.92 Å². The van der Waals surface area contributed by atoms with Crippen molar-refractivity contribution in [1.29, 1.82) is 0 Å². The van der Waals surface area contributed by atoms with Crippen LogP contribution < -0.4 is 10.1 Å². The Morgan fingerprint density at radius 3 is 2.34 bits per heavy atom. The summed E-state index contributed by atoms with van der Waals surface area (Å²) in [6.07, 6.45) is 0. The van der Waals surface area contributed by atoms with E-state index in [4.69, 9.17) is 27.9 Å². The standard InChI is InChI=1S/C21H16Cl2N4O2/c1-12-9-18-19(26-27(25-18)15-6-4-14(22)5-7-15)11-17(12)24-21(28)13-3-8-20(29-2)16(23)10-13/h3-11H,1-2H3,(H,24,28). The predicted molar refractivity (Wildman–Crippen MR) is 115 cm³/mol. The maximum absolute atomic E-state index is 12.6. The molecule has 0 bridgehead atoms. The molecule has 0 aliphatic rings. The number of aromatic nitrogens is 3. The minimum atomic E-state index is -0.276. The lowest BCUT2D eigenvalue weighted by atomic mass is 10.1. The van der Waals surface area contributed by atoms with Crippen molar-refractivity contribution in [3.05, 3.63) is 75.8 Å². The molecule has 0 atom stereocenters. The fraction of sp³-hybridized carbons (Fsp3) is 0.0952. The summed E-state index contributed by atoms with van der Waals surface area (Å²) in [7, 11) is 1.52. The molecule has 1 amide bonds. The Bertz CT molecular complexity index is 1220. The fourth-order valence-corrected chi connectivity index (χ4v) is 3.28. The number of rotatable bonds is 4. The number of anilines is 1. The highest BCUT2D eigenvalue weighted by molar-refractivity contribution is 6.32. The molecular formula is C21H16Cl2N4O2. The highest BCUT2D eigenvalue weighted by Gasteiger charge is 2.13. The number of hydrogen-bond donors (Lipinski definition) is 1. The van der Waals surface area contributed by atoms with E-state index in [2.05, 4.69) is 15.5 Å². The SMILES string of the molecule is COc1ccc(C(=O)Nc2cc3nn(-c4ccc(Cl)cc4)nc3cc2C)cc1Cl. The molecule has 29 heavy (non-hydrogen) atoms. The van der Waals surface area contributed by atoms with Gasteiger partial charge in [0.15, 0.2) is 0 Å². The maximum Gasteiger partial charge on any atom is 0.255 e. The molecule has 0 unspecified atom stereocenters. The van der Waals surface area contributed by atoms with Crippen LogP contribution in [0.2, 0.25) is 10.0 Å². The Hall–Kier alpha value is -3.09. The van der Waals surface area contributed by atoms with Gasteiger partial charge in [-0.2, -0.15) is 4.80 Å². The lowest BCUT2D eigenvalue weighted by Gasteiger charge is -2.09. The van der Waals surface area contributed by atoms with Crippen molar-refractivity contribution in [3.63, 3.8) is 0 Å². The number of methoxy groups -OCH3 is 1. The van der Waals surface area contributed by atoms with E-state index in [9.17, 15) is 4.79 Å². The van der Waals surface area contributed by atoms with Crippen molar-refractivity contribution in [2.75, 3.05) is 12.4 Å². The third-order valence-corrected chi connectivity index (χ3v) is 4.99. The van der Waals surface area contributed by atoms with Gasteiger partial charge in [0, 0.05) is 16.3 Å². The average molecular weight is 427 g/mol. The minimum absolute atomic E-state index is 0.276. The van der Waals surface area contributed by atoms with Crippen molar-refractivity contribution in [2.45, 2.75) is 6.92 Å². The summed E-state index contributed by atoms with van der Waals surface area (Å²) in [6, 6.07) is 15.8. The lowest BCUT2D eigenvalue weighted by molar-refractivity contribution is 0.102. The lowest BCUT2D eigenvalue weighted by Crippen LogP contribution is -2.12. The van der Waals surface area contributed by atoms with Crippen LogP contribution in [0.25, 0.3) is 16.7 Å². The summed E-state index contributed by atoms with van der Waals surface area (Å²) >= 11 is 12.1. The first-order valence-electron chi connectivity index (χ1n) is 8.73. The second-order valence-electron chi connectivity index (χ2n) is 6.43. The Kier molecular flexibility index (Phi) is 5.13. The predicted octanol–water partition coefficient (Wildman–Crippen LogP) is 5.30. The molecule has 4 aromatic rings. The summed E-state index contributed by atoms with van der Waals surface area (Å²) in [5.41, 5.74) is 4.13. The average Bonchev–Trinajstić information content (AvgIpc) is 3.11. The zero-order valence-corrected chi connectivity index (χ0v) is 17.1. The van der Waals surface area contributed by atoms with Gasteiger partial charge >= 0.3 is 0 Å². The van der Waals surface area contributed by atoms with Crippen molar-refractivity contribution < 1.29 is 9.53 Å². The summed E-state index contributed by atoms with van der Waals surface area (Å²) < 4.78 is 5.12. The third kappa shape index (κ3) is 3.90. The molecule has 0 aliphatic carbocycles. The van der Waals surface area contributed by atoms with Gasteiger partial charge < -0.3 is 10.1 Å². The molecule has 8 heteroatoms. The van der Waals surface area contributed by atoms with Crippen LogP contribution >= 0.6 is 23.2 Å². The van der Waals surface area contributed by atoms with Crippen LogP contribution in [0.4, 0.5) is 5.69 Å². The monoisotopic (exact) mass is 426 g/mol. The molecule has 0 aliphatic heterocycles. The molecule has 4 rings (SSSR count). The van der Waals surface area contributed by atoms with Crippen LogP contribution in [-0.2, 0) is 0 Å². The molecule has 1 N–H and O–H groups in total. The van der Waals surface area contributed by atoms with Gasteiger partial charge in [0.25, 0.3) is 5.91 Å². The van der Waals surface area contributed by atoms with E-state index in [0.717, 1.165) is 16.8 Å². The number of carbonyl (C=O) groups excluding carboxylic acids is 1. The van der Waals surface area contributed by atoms with Gasteiger partial charge in [0.1, 0.15) is 16.8 Å². The molecule has 0 spiro atoms. The Labute approximate surface area is 177 Å². The zero-order chi connectivity index (χ0) is 20.5. The number of hydrogen-bond acceptors (Lipinski definition) is 4. The van der Waals surface area contributed by atoms with Gasteiger partial charge in [-0.15, -0.1) is 10.2 Å². The second-order valence-corrected chi connectivity index (χ2v) is 7.27. The molecule has 0 radical (unpaired) electrons. The summed E-state index contributed by atoms with van der Waals surface area (Å²) in [4.78, 5) is 14.2. The summed E-state index contributed by atoms with van der Waals surface area (Å²) in [6.45, 7) is 1.90. The van der Waals surface area contributed by atoms with Crippen molar-refractivity contribution >= 4 is 45.8 Å². The van der Waals surface area contributed by atoms with Crippen LogP contribution in [0.3, 0.4) is 0 Å². The van der Waals surface area contributed by atoms with Crippen LogP contribution in [0.5, 0.6) is 5.75 Å². The number of nitrogens with zero attached hydrogens (tertiary/aromatic N) is 3. The zero-order valence-electron chi connectivity index (χ0n) is 15.6. The molecule has 0 saturated carbocycles. The van der Waals surface area contributed by atoms with E-state index < -0.39 is 0 Å². The normalized spacial score (nSPS) is 10.9. The van der Waals surface area contributed by atoms with E-state index in [-0.39, 0.29) is 5.91 Å². The van der Waals surface area contributed by atoms with E-state index in [0.29, 0.717) is 32.6 Å². The topological polar surface area (TPSA) is 69.0 Å². The Balaban J connectivity index is 1.63. The molecular weight excluding hydrogens is 411 g/mol. The second kappa shape index (κ2) is 7.73. The molecule has 0 fully saturated rings. The first kappa shape index (κ1) is 19.2. The molecule has 6 nitrogen and oxygen atoms in total. The van der Waals surface area contributed by atoms with Crippen LogP contribution in [0.1, 0.15) is 15.9 Å². The van der Waals surface area contributed by atoms with Crippen molar-refractivity contribution in [2.24, 2.45) is 0 Å². The largest absolute Gasteiger partial charge is 0.495 e.